The number of rotatable bonds is 4. The first-order chi connectivity index (χ1) is 6.94. The molecular formula is C9H17NO4S. The average molecular weight is 235 g/mol. The van der Waals surface area contributed by atoms with E-state index in [4.69, 9.17) is 10.5 Å². The molecule has 0 radical (unpaired) electrons. The molecule has 1 rings (SSSR count). The summed E-state index contributed by atoms with van der Waals surface area (Å²) in [5, 5.41) is 0. The highest BCUT2D eigenvalue weighted by Gasteiger charge is 2.30. The molecule has 15 heavy (non-hydrogen) atoms. The molecule has 0 aromatic rings. The molecule has 0 bridgehead atoms. The number of sulfone groups is 1. The Kier molecular flexibility index (Phi) is 4.10. The summed E-state index contributed by atoms with van der Waals surface area (Å²) < 4.78 is 27.1. The third kappa shape index (κ3) is 3.79. The zero-order chi connectivity index (χ0) is 11.5. The van der Waals surface area contributed by atoms with E-state index >= 15 is 0 Å². The van der Waals surface area contributed by atoms with Gasteiger partial charge in [-0.15, -0.1) is 0 Å². The summed E-state index contributed by atoms with van der Waals surface area (Å²) >= 11 is 0. The number of carbonyl (C=O) groups excluding carboxylic acids is 1. The number of ether oxygens (including phenoxy) is 1. The summed E-state index contributed by atoms with van der Waals surface area (Å²) in [6, 6.07) is -0.691. The molecule has 2 atom stereocenters. The van der Waals surface area contributed by atoms with Crippen LogP contribution in [-0.2, 0) is 19.4 Å². The fourth-order valence-corrected chi connectivity index (χ4v) is 3.64. The summed E-state index contributed by atoms with van der Waals surface area (Å²) in [4.78, 5) is 11.2. The summed E-state index contributed by atoms with van der Waals surface area (Å²) in [7, 11) is -2.89. The number of hydrogen-bond acceptors (Lipinski definition) is 5. The first-order valence-corrected chi connectivity index (χ1v) is 6.89. The lowest BCUT2D eigenvalue weighted by molar-refractivity contribution is -0.145. The van der Waals surface area contributed by atoms with Crippen molar-refractivity contribution in [1.82, 2.24) is 0 Å². The SMILES string of the molecule is CCOC(=O)C(N)CC1CCS(=O)(=O)C1. The summed E-state index contributed by atoms with van der Waals surface area (Å²) in [5.74, 6) is -0.0657. The number of hydrogen-bond donors (Lipinski definition) is 1. The molecule has 5 nitrogen and oxygen atoms in total. The Labute approximate surface area is 89.9 Å². The predicted molar refractivity (Wildman–Crippen MR) is 56.0 cm³/mol. The van der Waals surface area contributed by atoms with Crippen molar-refractivity contribution in [3.63, 3.8) is 0 Å². The van der Waals surface area contributed by atoms with Crippen molar-refractivity contribution in [1.29, 1.82) is 0 Å². The zero-order valence-electron chi connectivity index (χ0n) is 8.81. The smallest absolute Gasteiger partial charge is 0.322 e. The second-order valence-corrected chi connectivity index (χ2v) is 6.09. The molecule has 1 saturated heterocycles. The number of nitrogens with two attached hydrogens (primary N) is 1. The van der Waals surface area contributed by atoms with E-state index in [0.29, 0.717) is 19.4 Å². The minimum atomic E-state index is -2.89. The summed E-state index contributed by atoms with van der Waals surface area (Å²) in [6.45, 7) is 2.01. The molecule has 2 unspecified atom stereocenters. The Morgan fingerprint density at radius 2 is 2.27 bits per heavy atom. The molecule has 0 saturated carbocycles. The molecule has 0 aliphatic carbocycles. The molecule has 1 aliphatic rings. The molecule has 0 aromatic carbocycles. The van der Waals surface area contributed by atoms with E-state index in [2.05, 4.69) is 0 Å². The van der Waals surface area contributed by atoms with Gasteiger partial charge in [-0.2, -0.15) is 0 Å². The van der Waals surface area contributed by atoms with Crippen LogP contribution in [0.15, 0.2) is 0 Å². The van der Waals surface area contributed by atoms with Gasteiger partial charge < -0.3 is 10.5 Å². The Morgan fingerprint density at radius 3 is 2.73 bits per heavy atom. The molecular weight excluding hydrogens is 218 g/mol. The van der Waals surface area contributed by atoms with Crippen LogP contribution in [-0.4, -0.2) is 38.5 Å². The predicted octanol–water partition coefficient (Wildman–Crippen LogP) is -0.298. The molecule has 1 heterocycles. The van der Waals surface area contributed by atoms with Crippen LogP contribution in [0.3, 0.4) is 0 Å². The molecule has 1 fully saturated rings. The lowest BCUT2D eigenvalue weighted by Crippen LogP contribution is -2.34. The molecule has 88 valence electrons. The van der Waals surface area contributed by atoms with E-state index < -0.39 is 21.8 Å². The van der Waals surface area contributed by atoms with Gasteiger partial charge in [0.15, 0.2) is 9.84 Å². The first kappa shape index (κ1) is 12.4. The second kappa shape index (κ2) is 4.94. The van der Waals surface area contributed by atoms with Crippen molar-refractivity contribution in [2.24, 2.45) is 11.7 Å². The molecule has 0 amide bonds. The van der Waals surface area contributed by atoms with E-state index in [0.717, 1.165) is 0 Å². The van der Waals surface area contributed by atoms with Crippen molar-refractivity contribution < 1.29 is 17.9 Å². The monoisotopic (exact) mass is 235 g/mol. The number of carbonyl (C=O) groups is 1. The van der Waals surface area contributed by atoms with E-state index in [9.17, 15) is 13.2 Å². The van der Waals surface area contributed by atoms with Crippen molar-refractivity contribution in [2.75, 3.05) is 18.1 Å². The Morgan fingerprint density at radius 1 is 1.60 bits per heavy atom. The van der Waals surface area contributed by atoms with Crippen LogP contribution in [0, 0.1) is 5.92 Å². The van der Waals surface area contributed by atoms with Crippen LogP contribution in [0.2, 0.25) is 0 Å². The van der Waals surface area contributed by atoms with Gasteiger partial charge in [-0.25, -0.2) is 8.42 Å². The highest BCUT2D eigenvalue weighted by atomic mass is 32.2. The standard InChI is InChI=1S/C9H17NO4S/c1-2-14-9(11)8(10)5-7-3-4-15(12,13)6-7/h7-8H,2-6,10H2,1H3. The fourth-order valence-electron chi connectivity index (χ4n) is 1.76. The van der Waals surface area contributed by atoms with Gasteiger partial charge in [-0.3, -0.25) is 4.79 Å². The molecule has 2 N–H and O–H groups in total. The lowest BCUT2D eigenvalue weighted by atomic mass is 10.00. The van der Waals surface area contributed by atoms with Crippen LogP contribution < -0.4 is 5.73 Å². The van der Waals surface area contributed by atoms with E-state index in [1.165, 1.54) is 0 Å². The van der Waals surface area contributed by atoms with Gasteiger partial charge in [0.05, 0.1) is 18.1 Å². The molecule has 6 heteroatoms. The largest absolute Gasteiger partial charge is 0.465 e. The van der Waals surface area contributed by atoms with Gasteiger partial charge in [0.1, 0.15) is 6.04 Å². The van der Waals surface area contributed by atoms with E-state index in [-0.39, 0.29) is 17.4 Å². The van der Waals surface area contributed by atoms with Crippen molar-refractivity contribution >= 4 is 15.8 Å². The van der Waals surface area contributed by atoms with Gasteiger partial charge >= 0.3 is 5.97 Å². The second-order valence-electron chi connectivity index (χ2n) is 3.86. The van der Waals surface area contributed by atoms with E-state index in [1.807, 2.05) is 0 Å². The van der Waals surface area contributed by atoms with Gasteiger partial charge in [-0.05, 0) is 25.7 Å². The maximum atomic E-state index is 11.2. The summed E-state index contributed by atoms with van der Waals surface area (Å²) in [6.07, 6.45) is 1.01. The normalized spacial score (nSPS) is 26.1. The Hall–Kier alpha value is -0.620. The molecule has 0 spiro atoms. The first-order valence-electron chi connectivity index (χ1n) is 5.07. The average Bonchev–Trinajstić information content (AvgIpc) is 2.46. The van der Waals surface area contributed by atoms with Crippen LogP contribution in [0.5, 0.6) is 0 Å². The minimum absolute atomic E-state index is 0.00871. The third-order valence-corrected chi connectivity index (χ3v) is 4.34. The van der Waals surface area contributed by atoms with Gasteiger partial charge in [0.25, 0.3) is 0 Å². The van der Waals surface area contributed by atoms with Crippen LogP contribution in [0.4, 0.5) is 0 Å². The quantitative estimate of drug-likeness (QED) is 0.676. The highest BCUT2D eigenvalue weighted by molar-refractivity contribution is 7.91. The Balaban J connectivity index is 2.40. The van der Waals surface area contributed by atoms with E-state index in [1.54, 1.807) is 6.92 Å². The molecule has 0 aromatic heterocycles. The minimum Gasteiger partial charge on any atom is -0.465 e. The van der Waals surface area contributed by atoms with Gasteiger partial charge in [-0.1, -0.05) is 0 Å². The van der Waals surface area contributed by atoms with Crippen molar-refractivity contribution in [2.45, 2.75) is 25.8 Å². The third-order valence-electron chi connectivity index (χ3n) is 2.50. The van der Waals surface area contributed by atoms with Crippen LogP contribution in [0.1, 0.15) is 19.8 Å². The lowest BCUT2D eigenvalue weighted by Gasteiger charge is -2.13. The van der Waals surface area contributed by atoms with Crippen molar-refractivity contribution in [3.8, 4) is 0 Å². The fraction of sp³-hybridized carbons (Fsp3) is 0.889. The van der Waals surface area contributed by atoms with Crippen molar-refractivity contribution in [3.05, 3.63) is 0 Å². The highest BCUT2D eigenvalue weighted by Crippen LogP contribution is 2.22. The molecule has 1 aliphatic heterocycles. The van der Waals surface area contributed by atoms with Gasteiger partial charge in [0.2, 0.25) is 0 Å². The maximum Gasteiger partial charge on any atom is 0.322 e. The van der Waals surface area contributed by atoms with Crippen LogP contribution >= 0.6 is 0 Å². The van der Waals surface area contributed by atoms with Crippen LogP contribution in [0.25, 0.3) is 0 Å². The maximum absolute atomic E-state index is 11.2. The zero-order valence-corrected chi connectivity index (χ0v) is 9.63. The summed E-state index contributed by atoms with van der Waals surface area (Å²) in [5.41, 5.74) is 5.60. The topological polar surface area (TPSA) is 86.5 Å². The number of esters is 1. The van der Waals surface area contributed by atoms with Gasteiger partial charge in [0, 0.05) is 0 Å². The Bertz CT molecular complexity index is 325.